The maximum atomic E-state index is 12.0. The molecule has 1 saturated carbocycles. The summed E-state index contributed by atoms with van der Waals surface area (Å²) in [5.41, 5.74) is 0. The van der Waals surface area contributed by atoms with Crippen LogP contribution in [0, 0.1) is 5.92 Å². The van der Waals surface area contributed by atoms with Gasteiger partial charge in [0.05, 0.1) is 6.04 Å². The van der Waals surface area contributed by atoms with E-state index in [1.165, 1.54) is 45.2 Å². The molecule has 3 rings (SSSR count). The molecular weight excluding hydrogens is 297 g/mol. The highest BCUT2D eigenvalue weighted by atomic mass is 35.5. The lowest BCUT2D eigenvalue weighted by Gasteiger charge is -2.23. The number of piperidine rings is 1. The third-order valence-electron chi connectivity index (χ3n) is 4.57. The number of likely N-dealkylation sites (tertiary alicyclic amines) is 1. The lowest BCUT2D eigenvalue weighted by molar-refractivity contribution is -0.123. The Morgan fingerprint density at radius 2 is 1.95 bits per heavy atom. The van der Waals surface area contributed by atoms with Gasteiger partial charge in [0.2, 0.25) is 5.91 Å². The molecule has 3 aliphatic rings. The van der Waals surface area contributed by atoms with E-state index < -0.39 is 0 Å². The van der Waals surface area contributed by atoms with Gasteiger partial charge in [0.1, 0.15) is 0 Å². The molecule has 1 unspecified atom stereocenters. The number of halogens is 2. The van der Waals surface area contributed by atoms with E-state index in [4.69, 9.17) is 0 Å². The smallest absolute Gasteiger partial charge is 0.237 e. The van der Waals surface area contributed by atoms with Gasteiger partial charge in [0, 0.05) is 19.1 Å². The van der Waals surface area contributed by atoms with Crippen molar-refractivity contribution in [1.82, 2.24) is 15.5 Å². The second kappa shape index (κ2) is 8.42. The molecule has 0 aromatic rings. The molecule has 0 spiro atoms. The van der Waals surface area contributed by atoms with E-state index in [-0.39, 0.29) is 36.8 Å². The topological polar surface area (TPSA) is 44.4 Å². The quantitative estimate of drug-likeness (QED) is 0.825. The summed E-state index contributed by atoms with van der Waals surface area (Å²) in [6.07, 6.45) is 7.45. The predicted octanol–water partition coefficient (Wildman–Crippen LogP) is 1.57. The van der Waals surface area contributed by atoms with Gasteiger partial charge in [0.15, 0.2) is 0 Å². The molecule has 6 heteroatoms. The third kappa shape index (κ3) is 4.76. The normalized spacial score (nSPS) is 30.2. The first-order valence-corrected chi connectivity index (χ1v) is 7.58. The van der Waals surface area contributed by atoms with Crippen LogP contribution in [-0.4, -0.2) is 49.1 Å². The Morgan fingerprint density at radius 1 is 1.15 bits per heavy atom. The number of rotatable bonds is 4. The number of nitrogens with zero attached hydrogens (tertiary/aromatic N) is 1. The van der Waals surface area contributed by atoms with Gasteiger partial charge in [0.25, 0.3) is 0 Å². The van der Waals surface area contributed by atoms with Gasteiger partial charge in [-0.2, -0.15) is 0 Å². The summed E-state index contributed by atoms with van der Waals surface area (Å²) < 4.78 is 0. The monoisotopic (exact) mass is 323 g/mol. The first kappa shape index (κ1) is 18.0. The fourth-order valence-corrected chi connectivity index (χ4v) is 3.24. The minimum Gasteiger partial charge on any atom is -0.354 e. The number of carbonyl (C=O) groups is 1. The second-order valence-corrected chi connectivity index (χ2v) is 6.13. The Bertz CT molecular complexity index is 307. The Balaban J connectivity index is 0.000001000. The van der Waals surface area contributed by atoms with Crippen LogP contribution < -0.4 is 10.6 Å². The van der Waals surface area contributed by atoms with E-state index in [1.54, 1.807) is 0 Å². The van der Waals surface area contributed by atoms with Crippen molar-refractivity contribution in [2.45, 2.75) is 50.6 Å². The van der Waals surface area contributed by atoms with Crippen molar-refractivity contribution in [3.05, 3.63) is 0 Å². The molecule has 0 aromatic heterocycles. The molecule has 2 saturated heterocycles. The molecule has 0 aromatic carbocycles. The largest absolute Gasteiger partial charge is 0.354 e. The number of amides is 1. The van der Waals surface area contributed by atoms with Gasteiger partial charge in [-0.1, -0.05) is 6.42 Å². The fourth-order valence-electron chi connectivity index (χ4n) is 3.24. The van der Waals surface area contributed by atoms with Crippen molar-refractivity contribution in [1.29, 1.82) is 0 Å². The van der Waals surface area contributed by atoms with Crippen molar-refractivity contribution < 1.29 is 4.79 Å². The van der Waals surface area contributed by atoms with Gasteiger partial charge >= 0.3 is 0 Å². The lowest BCUT2D eigenvalue weighted by atomic mass is 10.0. The van der Waals surface area contributed by atoms with E-state index in [0.29, 0.717) is 5.92 Å². The van der Waals surface area contributed by atoms with Crippen LogP contribution >= 0.6 is 24.8 Å². The zero-order valence-electron chi connectivity index (χ0n) is 12.0. The molecule has 20 heavy (non-hydrogen) atoms. The average molecular weight is 324 g/mol. The van der Waals surface area contributed by atoms with Gasteiger partial charge in [-0.3, -0.25) is 4.79 Å². The van der Waals surface area contributed by atoms with Crippen LogP contribution in [0.25, 0.3) is 0 Å². The summed E-state index contributed by atoms with van der Waals surface area (Å²) in [5, 5.41) is 6.45. The molecule has 1 aliphatic carbocycles. The van der Waals surface area contributed by atoms with Crippen molar-refractivity contribution in [3.63, 3.8) is 0 Å². The lowest BCUT2D eigenvalue weighted by Crippen LogP contribution is -2.47. The third-order valence-corrected chi connectivity index (χ3v) is 4.57. The second-order valence-electron chi connectivity index (χ2n) is 6.13. The van der Waals surface area contributed by atoms with Gasteiger partial charge in [-0.05, 0) is 51.1 Å². The van der Waals surface area contributed by atoms with Gasteiger partial charge < -0.3 is 15.5 Å². The Kier molecular flexibility index (Phi) is 7.59. The summed E-state index contributed by atoms with van der Waals surface area (Å²) in [6.45, 7) is 4.31. The standard InChI is InChI=1S/C14H25N3O.2ClH/c18-14(13-3-1-2-7-15-13)16-9-11-6-8-17(10-11)12-4-5-12;;/h11-13,15H,1-10H2,(H,16,18);2*1H/t11?,13-;;/m0../s1. The van der Waals surface area contributed by atoms with E-state index in [2.05, 4.69) is 15.5 Å². The molecule has 118 valence electrons. The molecule has 0 bridgehead atoms. The Hall–Kier alpha value is -0.0300. The van der Waals surface area contributed by atoms with Crippen LogP contribution in [0.15, 0.2) is 0 Å². The summed E-state index contributed by atoms with van der Waals surface area (Å²) in [7, 11) is 0. The minimum atomic E-state index is 0. The van der Waals surface area contributed by atoms with Crippen LogP contribution in [-0.2, 0) is 4.79 Å². The highest BCUT2D eigenvalue weighted by Crippen LogP contribution is 2.31. The maximum absolute atomic E-state index is 12.0. The van der Waals surface area contributed by atoms with Crippen molar-refractivity contribution in [2.75, 3.05) is 26.2 Å². The molecule has 3 fully saturated rings. The van der Waals surface area contributed by atoms with Gasteiger partial charge in [-0.25, -0.2) is 0 Å². The van der Waals surface area contributed by atoms with Crippen molar-refractivity contribution in [2.24, 2.45) is 5.92 Å². The number of carbonyl (C=O) groups excluding carboxylic acids is 1. The Morgan fingerprint density at radius 3 is 2.60 bits per heavy atom. The van der Waals surface area contributed by atoms with Crippen LogP contribution in [0.4, 0.5) is 0 Å². The average Bonchev–Trinajstić information content (AvgIpc) is 3.16. The van der Waals surface area contributed by atoms with Crippen LogP contribution in [0.2, 0.25) is 0 Å². The number of hydrogen-bond acceptors (Lipinski definition) is 3. The molecule has 0 radical (unpaired) electrons. The van der Waals surface area contributed by atoms with Crippen molar-refractivity contribution in [3.8, 4) is 0 Å². The van der Waals surface area contributed by atoms with E-state index in [1.807, 2.05) is 0 Å². The highest BCUT2D eigenvalue weighted by Gasteiger charge is 2.34. The fraction of sp³-hybridized carbons (Fsp3) is 0.929. The molecule has 2 N–H and O–H groups in total. The highest BCUT2D eigenvalue weighted by molar-refractivity contribution is 5.85. The molecular formula is C14H27Cl2N3O. The SMILES string of the molecule is Cl.Cl.O=C(NCC1CCN(C2CC2)C1)[C@@H]1CCCCN1. The predicted molar refractivity (Wildman–Crippen MR) is 85.8 cm³/mol. The summed E-state index contributed by atoms with van der Waals surface area (Å²) in [6, 6.07) is 0.949. The first-order chi connectivity index (χ1) is 8.83. The van der Waals surface area contributed by atoms with E-state index in [0.717, 1.165) is 25.6 Å². The molecule has 2 heterocycles. The summed E-state index contributed by atoms with van der Waals surface area (Å²) >= 11 is 0. The first-order valence-electron chi connectivity index (χ1n) is 7.58. The molecule has 2 aliphatic heterocycles. The molecule has 1 amide bonds. The number of hydrogen-bond donors (Lipinski definition) is 2. The minimum absolute atomic E-state index is 0. The van der Waals surface area contributed by atoms with E-state index in [9.17, 15) is 4.79 Å². The number of nitrogens with one attached hydrogen (secondary N) is 2. The van der Waals surface area contributed by atoms with Crippen LogP contribution in [0.1, 0.15) is 38.5 Å². The van der Waals surface area contributed by atoms with Gasteiger partial charge in [-0.15, -0.1) is 24.8 Å². The van der Waals surface area contributed by atoms with Crippen LogP contribution in [0.3, 0.4) is 0 Å². The van der Waals surface area contributed by atoms with E-state index >= 15 is 0 Å². The van der Waals surface area contributed by atoms with Crippen LogP contribution in [0.5, 0.6) is 0 Å². The molecule has 2 atom stereocenters. The van der Waals surface area contributed by atoms with Crippen molar-refractivity contribution >= 4 is 30.7 Å². The summed E-state index contributed by atoms with van der Waals surface area (Å²) in [4.78, 5) is 14.6. The molecule has 4 nitrogen and oxygen atoms in total. The zero-order chi connectivity index (χ0) is 12.4. The zero-order valence-corrected chi connectivity index (χ0v) is 13.6. The maximum Gasteiger partial charge on any atom is 0.237 e. The Labute approximate surface area is 134 Å². The summed E-state index contributed by atoms with van der Waals surface area (Å²) in [5.74, 6) is 0.901.